The number of hydrogen-bond donors (Lipinski definition) is 0. The van der Waals surface area contributed by atoms with Crippen molar-refractivity contribution >= 4 is 12.3 Å². The zero-order chi connectivity index (χ0) is 12.9. The zero-order valence-electron chi connectivity index (χ0n) is 9.93. The average Bonchev–Trinajstić information content (AvgIpc) is 2.41. The summed E-state index contributed by atoms with van der Waals surface area (Å²) in [5.41, 5.74) is 0.897. The van der Waals surface area contributed by atoms with Crippen LogP contribution in [-0.4, -0.2) is 33.6 Å². The number of ether oxygens (including phenoxy) is 3. The highest BCUT2D eigenvalue weighted by molar-refractivity contribution is 5.89. The van der Waals surface area contributed by atoms with Gasteiger partial charge in [-0.3, -0.25) is 4.79 Å². The van der Waals surface area contributed by atoms with Gasteiger partial charge in [-0.05, 0) is 12.1 Å². The Morgan fingerprint density at radius 3 is 2.00 bits per heavy atom. The predicted molar refractivity (Wildman–Crippen MR) is 59.5 cm³/mol. The minimum Gasteiger partial charge on any atom is -0.465 e. The van der Waals surface area contributed by atoms with E-state index in [1.165, 1.54) is 33.5 Å². The molecule has 17 heavy (non-hydrogen) atoms. The van der Waals surface area contributed by atoms with Crippen molar-refractivity contribution in [1.82, 2.24) is 0 Å². The Hall–Kier alpha value is -1.72. The summed E-state index contributed by atoms with van der Waals surface area (Å²) in [6, 6.07) is 6.23. The van der Waals surface area contributed by atoms with Crippen LogP contribution in [0.15, 0.2) is 24.3 Å². The fraction of sp³-hybridized carbons (Fsp3) is 0.333. The number of methoxy groups -OCH3 is 3. The van der Waals surface area contributed by atoms with Gasteiger partial charge in [0.25, 0.3) is 5.79 Å². The first kappa shape index (κ1) is 13.3. The quantitative estimate of drug-likeness (QED) is 0.437. The van der Waals surface area contributed by atoms with Crippen molar-refractivity contribution in [1.29, 1.82) is 0 Å². The summed E-state index contributed by atoms with van der Waals surface area (Å²) in [6.07, 6.45) is 0.556. The molecule has 0 radical (unpaired) electrons. The number of carbonyl (C=O) groups is 2. The minimum absolute atomic E-state index is 0.392. The topological polar surface area (TPSA) is 61.8 Å². The number of carbonyl (C=O) groups excluding carboxylic acids is 2. The lowest BCUT2D eigenvalue weighted by molar-refractivity contribution is -0.201. The Labute approximate surface area is 99.3 Å². The zero-order valence-corrected chi connectivity index (χ0v) is 9.93. The van der Waals surface area contributed by atoms with Gasteiger partial charge in [-0.15, -0.1) is 0 Å². The van der Waals surface area contributed by atoms with Gasteiger partial charge in [0.2, 0.25) is 0 Å². The highest BCUT2D eigenvalue weighted by Crippen LogP contribution is 2.24. The van der Waals surface area contributed by atoms with Gasteiger partial charge < -0.3 is 14.2 Å². The van der Waals surface area contributed by atoms with E-state index in [-0.39, 0.29) is 0 Å². The van der Waals surface area contributed by atoms with Crippen LogP contribution in [0.2, 0.25) is 0 Å². The molecule has 0 saturated carbocycles. The molecule has 1 aromatic rings. The van der Waals surface area contributed by atoms with E-state index in [0.29, 0.717) is 17.4 Å². The summed E-state index contributed by atoms with van der Waals surface area (Å²) in [6.45, 7) is 0. The van der Waals surface area contributed by atoms with E-state index in [2.05, 4.69) is 4.74 Å². The lowest BCUT2D eigenvalue weighted by Gasteiger charge is -2.24. The molecule has 0 N–H and O–H groups in total. The SMILES string of the molecule is COC(=O)c1ccc(C(C=O)(OC)OC)cc1. The summed E-state index contributed by atoms with van der Waals surface area (Å²) in [7, 11) is 4.04. The van der Waals surface area contributed by atoms with Crippen molar-refractivity contribution in [2.75, 3.05) is 21.3 Å². The molecule has 0 aliphatic carbocycles. The normalized spacial score (nSPS) is 11.0. The fourth-order valence-electron chi connectivity index (χ4n) is 1.44. The molecular weight excluding hydrogens is 224 g/mol. The Morgan fingerprint density at radius 2 is 1.65 bits per heavy atom. The first-order valence-corrected chi connectivity index (χ1v) is 4.89. The maximum atomic E-state index is 11.2. The van der Waals surface area contributed by atoms with Crippen LogP contribution in [0.3, 0.4) is 0 Å². The molecule has 5 heteroatoms. The third kappa shape index (κ3) is 2.51. The molecule has 1 rings (SSSR count). The van der Waals surface area contributed by atoms with Crippen molar-refractivity contribution < 1.29 is 23.8 Å². The highest BCUT2D eigenvalue weighted by Gasteiger charge is 2.31. The molecule has 0 saturated heterocycles. The summed E-state index contributed by atoms with van der Waals surface area (Å²) in [4.78, 5) is 22.3. The monoisotopic (exact) mass is 238 g/mol. The number of aldehydes is 1. The molecule has 5 nitrogen and oxygen atoms in total. The predicted octanol–water partition coefficient (Wildman–Crippen LogP) is 1.12. The van der Waals surface area contributed by atoms with Crippen LogP contribution in [-0.2, 0) is 24.8 Å². The third-order valence-electron chi connectivity index (χ3n) is 2.47. The van der Waals surface area contributed by atoms with E-state index < -0.39 is 11.8 Å². The second-order valence-electron chi connectivity index (χ2n) is 3.26. The Kier molecular flexibility index (Phi) is 4.37. The fourth-order valence-corrected chi connectivity index (χ4v) is 1.44. The minimum atomic E-state index is -1.44. The Morgan fingerprint density at radius 1 is 1.12 bits per heavy atom. The van der Waals surface area contributed by atoms with Crippen molar-refractivity contribution in [3.63, 3.8) is 0 Å². The van der Waals surface area contributed by atoms with E-state index >= 15 is 0 Å². The summed E-state index contributed by atoms with van der Waals surface area (Å²) < 4.78 is 14.7. The summed E-state index contributed by atoms with van der Waals surface area (Å²) in [5, 5.41) is 0. The van der Waals surface area contributed by atoms with Gasteiger partial charge in [0.1, 0.15) is 0 Å². The first-order chi connectivity index (χ1) is 8.13. The lowest BCUT2D eigenvalue weighted by Crippen LogP contribution is -2.32. The van der Waals surface area contributed by atoms with Crippen LogP contribution < -0.4 is 0 Å². The molecule has 0 heterocycles. The van der Waals surface area contributed by atoms with Crippen LogP contribution in [0, 0.1) is 0 Å². The van der Waals surface area contributed by atoms with Gasteiger partial charge in [-0.25, -0.2) is 4.79 Å². The maximum Gasteiger partial charge on any atom is 0.337 e. The second kappa shape index (κ2) is 5.56. The molecule has 0 aliphatic heterocycles. The summed E-state index contributed by atoms with van der Waals surface area (Å²) >= 11 is 0. The number of hydrogen-bond acceptors (Lipinski definition) is 5. The van der Waals surface area contributed by atoms with Crippen LogP contribution >= 0.6 is 0 Å². The number of esters is 1. The maximum absolute atomic E-state index is 11.2. The van der Waals surface area contributed by atoms with Crippen molar-refractivity contribution in [2.45, 2.75) is 5.79 Å². The van der Waals surface area contributed by atoms with E-state index in [4.69, 9.17) is 9.47 Å². The molecular formula is C12H14O5. The largest absolute Gasteiger partial charge is 0.465 e. The van der Waals surface area contributed by atoms with Gasteiger partial charge in [0.05, 0.1) is 12.7 Å². The molecule has 0 atom stereocenters. The van der Waals surface area contributed by atoms with Gasteiger partial charge in [0.15, 0.2) is 6.29 Å². The van der Waals surface area contributed by atoms with Gasteiger partial charge in [-0.2, -0.15) is 0 Å². The molecule has 0 amide bonds. The van der Waals surface area contributed by atoms with Crippen molar-refractivity contribution in [2.24, 2.45) is 0 Å². The highest BCUT2D eigenvalue weighted by atomic mass is 16.7. The van der Waals surface area contributed by atoms with Crippen LogP contribution in [0.5, 0.6) is 0 Å². The van der Waals surface area contributed by atoms with Crippen molar-refractivity contribution in [3.05, 3.63) is 35.4 Å². The van der Waals surface area contributed by atoms with E-state index in [9.17, 15) is 9.59 Å². The molecule has 0 bridgehead atoms. The second-order valence-corrected chi connectivity index (χ2v) is 3.26. The van der Waals surface area contributed by atoms with Gasteiger partial charge >= 0.3 is 5.97 Å². The van der Waals surface area contributed by atoms with E-state index in [1.54, 1.807) is 12.1 Å². The van der Waals surface area contributed by atoms with Crippen LogP contribution in [0.1, 0.15) is 15.9 Å². The van der Waals surface area contributed by atoms with E-state index in [1.807, 2.05) is 0 Å². The smallest absolute Gasteiger partial charge is 0.337 e. The summed E-state index contributed by atoms with van der Waals surface area (Å²) in [5.74, 6) is -1.88. The molecule has 0 spiro atoms. The third-order valence-corrected chi connectivity index (χ3v) is 2.47. The molecule has 0 fully saturated rings. The number of benzene rings is 1. The molecule has 0 unspecified atom stereocenters. The lowest BCUT2D eigenvalue weighted by atomic mass is 10.0. The van der Waals surface area contributed by atoms with Crippen LogP contribution in [0.25, 0.3) is 0 Å². The van der Waals surface area contributed by atoms with E-state index in [0.717, 1.165) is 0 Å². The van der Waals surface area contributed by atoms with Gasteiger partial charge in [0, 0.05) is 19.8 Å². The average molecular weight is 238 g/mol. The molecule has 1 aromatic carbocycles. The van der Waals surface area contributed by atoms with Crippen molar-refractivity contribution in [3.8, 4) is 0 Å². The molecule has 92 valence electrons. The standard InChI is InChI=1S/C12H14O5/c1-15-11(14)9-4-6-10(7-5-9)12(8-13,16-2)17-3/h4-8H,1-3H3. The Bertz CT molecular complexity index is 392. The van der Waals surface area contributed by atoms with Crippen LogP contribution in [0.4, 0.5) is 0 Å². The Balaban J connectivity index is 3.08. The molecule has 0 aromatic heterocycles. The van der Waals surface area contributed by atoms with Gasteiger partial charge in [-0.1, -0.05) is 12.1 Å². The number of rotatable bonds is 5. The molecule has 0 aliphatic rings. The first-order valence-electron chi connectivity index (χ1n) is 4.89.